The minimum Gasteiger partial charge on any atom is -0.384 e. The summed E-state index contributed by atoms with van der Waals surface area (Å²) in [7, 11) is 0. The first-order valence-corrected chi connectivity index (χ1v) is 7.40. The summed E-state index contributed by atoms with van der Waals surface area (Å²) in [6.45, 7) is 9.66. The van der Waals surface area contributed by atoms with Gasteiger partial charge in [0.25, 0.3) is 0 Å². The van der Waals surface area contributed by atoms with Crippen molar-refractivity contribution in [1.29, 1.82) is 0 Å². The van der Waals surface area contributed by atoms with E-state index in [0.29, 0.717) is 11.9 Å². The number of pyridine rings is 1. The largest absolute Gasteiger partial charge is 0.384 e. The Bertz CT molecular complexity index is 582. The maximum atomic E-state index is 5.69. The fourth-order valence-electron chi connectivity index (χ4n) is 2.26. The molecule has 0 unspecified atom stereocenters. The predicted octanol–water partition coefficient (Wildman–Crippen LogP) is 3.81. The number of nitrogens with one attached hydrogen (secondary N) is 1. The molecule has 3 heteroatoms. The van der Waals surface area contributed by atoms with E-state index >= 15 is 0 Å². The molecule has 21 heavy (non-hydrogen) atoms. The molecule has 3 N–H and O–H groups in total. The molecular weight excluding hydrogens is 258 g/mol. The summed E-state index contributed by atoms with van der Waals surface area (Å²) >= 11 is 0. The molecule has 2 rings (SSSR count). The van der Waals surface area contributed by atoms with Crippen molar-refractivity contribution in [3.63, 3.8) is 0 Å². The number of benzene rings is 1. The molecule has 0 radical (unpaired) electrons. The number of nitrogens with two attached hydrogens (primary N) is 1. The summed E-state index contributed by atoms with van der Waals surface area (Å²) in [5, 5.41) is 3.52. The predicted molar refractivity (Wildman–Crippen MR) is 89.0 cm³/mol. The molecular formula is C18H25N3. The van der Waals surface area contributed by atoms with Crippen LogP contribution in [-0.2, 0) is 12.0 Å². The molecule has 0 amide bonds. The van der Waals surface area contributed by atoms with Gasteiger partial charge >= 0.3 is 0 Å². The molecule has 0 aliphatic heterocycles. The van der Waals surface area contributed by atoms with Crippen molar-refractivity contribution < 1.29 is 0 Å². The SMILES string of the molecule is C[C@@H](NCc1ccnc(N)c1)c1ccc(C(C)(C)C)cc1. The van der Waals surface area contributed by atoms with E-state index in [4.69, 9.17) is 5.73 Å². The van der Waals surface area contributed by atoms with Gasteiger partial charge in [-0.05, 0) is 41.2 Å². The van der Waals surface area contributed by atoms with Crippen LogP contribution in [0.25, 0.3) is 0 Å². The molecule has 1 aromatic heterocycles. The van der Waals surface area contributed by atoms with Gasteiger partial charge in [0, 0.05) is 18.8 Å². The Morgan fingerprint density at radius 2 is 1.81 bits per heavy atom. The fourth-order valence-corrected chi connectivity index (χ4v) is 2.26. The second kappa shape index (κ2) is 6.27. The van der Waals surface area contributed by atoms with Crippen LogP contribution in [0.2, 0.25) is 0 Å². The van der Waals surface area contributed by atoms with Gasteiger partial charge in [0.15, 0.2) is 0 Å². The molecule has 0 saturated carbocycles. The Labute approximate surface area is 127 Å². The van der Waals surface area contributed by atoms with E-state index in [1.54, 1.807) is 6.20 Å². The van der Waals surface area contributed by atoms with Crippen LogP contribution in [0.1, 0.15) is 50.4 Å². The Hall–Kier alpha value is -1.87. The summed E-state index contributed by atoms with van der Waals surface area (Å²) in [5.41, 5.74) is 9.70. The van der Waals surface area contributed by atoms with E-state index < -0.39 is 0 Å². The Kier molecular flexibility index (Phi) is 4.63. The Morgan fingerprint density at radius 1 is 1.14 bits per heavy atom. The normalized spacial score (nSPS) is 13.1. The van der Waals surface area contributed by atoms with E-state index in [-0.39, 0.29) is 5.41 Å². The van der Waals surface area contributed by atoms with E-state index in [1.807, 2.05) is 12.1 Å². The van der Waals surface area contributed by atoms with Crippen molar-refractivity contribution >= 4 is 5.82 Å². The lowest BCUT2D eigenvalue weighted by molar-refractivity contribution is 0.569. The van der Waals surface area contributed by atoms with Crippen LogP contribution in [0, 0.1) is 0 Å². The molecule has 112 valence electrons. The highest BCUT2D eigenvalue weighted by molar-refractivity contribution is 5.32. The highest BCUT2D eigenvalue weighted by atomic mass is 14.9. The number of anilines is 1. The quantitative estimate of drug-likeness (QED) is 0.897. The molecule has 1 atom stereocenters. The van der Waals surface area contributed by atoms with Crippen LogP contribution < -0.4 is 11.1 Å². The third-order valence-electron chi connectivity index (χ3n) is 3.73. The van der Waals surface area contributed by atoms with Gasteiger partial charge in [0.2, 0.25) is 0 Å². The first-order valence-electron chi connectivity index (χ1n) is 7.40. The first kappa shape index (κ1) is 15.5. The maximum Gasteiger partial charge on any atom is 0.123 e. The lowest BCUT2D eigenvalue weighted by Crippen LogP contribution is -2.18. The highest BCUT2D eigenvalue weighted by Crippen LogP contribution is 2.24. The average molecular weight is 283 g/mol. The second-order valence-corrected chi connectivity index (χ2v) is 6.56. The van der Waals surface area contributed by atoms with Gasteiger partial charge in [0.05, 0.1) is 0 Å². The minimum absolute atomic E-state index is 0.198. The highest BCUT2D eigenvalue weighted by Gasteiger charge is 2.13. The third kappa shape index (κ3) is 4.30. The van der Waals surface area contributed by atoms with Crippen molar-refractivity contribution in [2.24, 2.45) is 0 Å². The molecule has 0 aliphatic carbocycles. The third-order valence-corrected chi connectivity index (χ3v) is 3.73. The van der Waals surface area contributed by atoms with Crippen LogP contribution in [0.3, 0.4) is 0 Å². The zero-order chi connectivity index (χ0) is 15.5. The lowest BCUT2D eigenvalue weighted by atomic mass is 9.86. The van der Waals surface area contributed by atoms with Crippen LogP contribution in [0.5, 0.6) is 0 Å². The van der Waals surface area contributed by atoms with Gasteiger partial charge in [-0.2, -0.15) is 0 Å². The standard InChI is InChI=1S/C18H25N3/c1-13(21-12-14-9-10-20-17(19)11-14)15-5-7-16(8-6-15)18(2,3)4/h5-11,13,21H,12H2,1-4H3,(H2,19,20)/t13-/m1/s1. The number of aromatic nitrogens is 1. The van der Waals surface area contributed by atoms with E-state index in [2.05, 4.69) is 62.3 Å². The molecule has 1 aromatic carbocycles. The zero-order valence-corrected chi connectivity index (χ0v) is 13.4. The van der Waals surface area contributed by atoms with E-state index in [0.717, 1.165) is 12.1 Å². The summed E-state index contributed by atoms with van der Waals surface area (Å²) in [6, 6.07) is 13.0. The van der Waals surface area contributed by atoms with Crippen LogP contribution in [0.4, 0.5) is 5.82 Å². The monoisotopic (exact) mass is 283 g/mol. The van der Waals surface area contributed by atoms with Gasteiger partial charge in [-0.25, -0.2) is 4.98 Å². The number of nitrogen functional groups attached to an aromatic ring is 1. The summed E-state index contributed by atoms with van der Waals surface area (Å²) in [5.74, 6) is 0.566. The Balaban J connectivity index is 1.99. The topological polar surface area (TPSA) is 50.9 Å². The van der Waals surface area contributed by atoms with Gasteiger partial charge < -0.3 is 11.1 Å². The molecule has 0 saturated heterocycles. The van der Waals surface area contributed by atoms with Gasteiger partial charge in [-0.1, -0.05) is 45.0 Å². The molecule has 0 spiro atoms. The summed E-state index contributed by atoms with van der Waals surface area (Å²) in [6.07, 6.45) is 1.75. The fraction of sp³-hybridized carbons (Fsp3) is 0.389. The Morgan fingerprint density at radius 3 is 2.38 bits per heavy atom. The maximum absolute atomic E-state index is 5.69. The second-order valence-electron chi connectivity index (χ2n) is 6.56. The smallest absolute Gasteiger partial charge is 0.123 e. The van der Waals surface area contributed by atoms with Crippen LogP contribution in [0.15, 0.2) is 42.6 Å². The van der Waals surface area contributed by atoms with Crippen molar-refractivity contribution in [2.45, 2.75) is 45.7 Å². The van der Waals surface area contributed by atoms with Crippen LogP contribution >= 0.6 is 0 Å². The molecule has 0 fully saturated rings. The average Bonchev–Trinajstić information content (AvgIpc) is 2.44. The zero-order valence-electron chi connectivity index (χ0n) is 13.4. The molecule has 1 heterocycles. The van der Waals surface area contributed by atoms with Gasteiger partial charge in [0.1, 0.15) is 5.82 Å². The van der Waals surface area contributed by atoms with Crippen molar-refractivity contribution in [1.82, 2.24) is 10.3 Å². The molecule has 0 bridgehead atoms. The number of rotatable bonds is 4. The molecule has 2 aromatic rings. The van der Waals surface area contributed by atoms with E-state index in [9.17, 15) is 0 Å². The molecule has 3 nitrogen and oxygen atoms in total. The number of nitrogens with zero attached hydrogens (tertiary/aromatic N) is 1. The van der Waals surface area contributed by atoms with Gasteiger partial charge in [-0.15, -0.1) is 0 Å². The number of hydrogen-bond donors (Lipinski definition) is 2. The van der Waals surface area contributed by atoms with Crippen LogP contribution in [-0.4, -0.2) is 4.98 Å². The lowest BCUT2D eigenvalue weighted by Gasteiger charge is -2.20. The first-order chi connectivity index (χ1) is 9.86. The van der Waals surface area contributed by atoms with E-state index in [1.165, 1.54) is 11.1 Å². The van der Waals surface area contributed by atoms with Gasteiger partial charge in [-0.3, -0.25) is 0 Å². The molecule has 0 aliphatic rings. The van der Waals surface area contributed by atoms with Crippen molar-refractivity contribution in [3.8, 4) is 0 Å². The summed E-state index contributed by atoms with van der Waals surface area (Å²) in [4.78, 5) is 4.01. The van der Waals surface area contributed by atoms with Crippen molar-refractivity contribution in [3.05, 3.63) is 59.3 Å². The summed E-state index contributed by atoms with van der Waals surface area (Å²) < 4.78 is 0. The van der Waals surface area contributed by atoms with Crippen molar-refractivity contribution in [2.75, 3.05) is 5.73 Å². The minimum atomic E-state index is 0.198. The number of hydrogen-bond acceptors (Lipinski definition) is 3.